The number of nitrogens with two attached hydrogens (primary N) is 1. The van der Waals surface area contributed by atoms with Crippen LogP contribution in [0, 0.1) is 0 Å². The Hall–Kier alpha value is -4.18. The van der Waals surface area contributed by atoms with Crippen molar-refractivity contribution in [3.63, 3.8) is 0 Å². The van der Waals surface area contributed by atoms with E-state index in [2.05, 4.69) is 19.8 Å². The van der Waals surface area contributed by atoms with Gasteiger partial charge in [-0.05, 0) is 48.5 Å². The molecule has 0 aliphatic carbocycles. The average molecular weight is 434 g/mol. The molecule has 31 heavy (non-hydrogen) atoms. The third-order valence-corrected chi connectivity index (χ3v) is 5.73. The highest BCUT2D eigenvalue weighted by Crippen LogP contribution is 2.19. The number of sulfonamides is 1. The van der Waals surface area contributed by atoms with Gasteiger partial charge in [0, 0.05) is 12.4 Å². The molecule has 2 aromatic carbocycles. The number of rotatable bonds is 6. The fraction of sp³-hybridized carbons (Fsp3) is 0. The Balaban J connectivity index is 1.55. The molecule has 0 aliphatic rings. The van der Waals surface area contributed by atoms with Crippen LogP contribution in [0.5, 0.6) is 0 Å². The van der Waals surface area contributed by atoms with Crippen molar-refractivity contribution in [1.82, 2.24) is 14.8 Å². The first-order chi connectivity index (χ1) is 14.9. The summed E-state index contributed by atoms with van der Waals surface area (Å²) in [6.45, 7) is 0. The molecule has 2 heterocycles. The molecular weight excluding hydrogens is 416 g/mol. The Labute approximate surface area is 178 Å². The van der Waals surface area contributed by atoms with E-state index < -0.39 is 10.0 Å². The van der Waals surface area contributed by atoms with Crippen molar-refractivity contribution in [1.29, 1.82) is 0 Å². The summed E-state index contributed by atoms with van der Waals surface area (Å²) in [6.07, 6.45) is 2.84. The van der Waals surface area contributed by atoms with E-state index in [0.717, 1.165) is 0 Å². The molecule has 0 amide bonds. The first kappa shape index (κ1) is 20.1. The van der Waals surface area contributed by atoms with E-state index in [1.165, 1.54) is 41.4 Å². The van der Waals surface area contributed by atoms with E-state index in [1.54, 1.807) is 30.3 Å². The molecule has 4 aromatic rings. The number of anilines is 2. The lowest BCUT2D eigenvalue weighted by Crippen LogP contribution is -2.17. The van der Waals surface area contributed by atoms with Gasteiger partial charge >= 0.3 is 0 Å². The van der Waals surface area contributed by atoms with E-state index in [1.807, 2.05) is 18.2 Å². The predicted octanol–water partition coefficient (Wildman–Crippen LogP) is 2.69. The maximum absolute atomic E-state index is 12.6. The van der Waals surface area contributed by atoms with Gasteiger partial charge in [0.05, 0.1) is 16.3 Å². The number of pyridine rings is 1. The molecule has 0 atom stereocenters. The topological polar surface area (TPSA) is 135 Å². The van der Waals surface area contributed by atoms with Gasteiger partial charge in [-0.3, -0.25) is 19.6 Å². The average Bonchev–Trinajstić information content (AvgIpc) is 3.07. The zero-order valence-corrected chi connectivity index (χ0v) is 17.0. The van der Waals surface area contributed by atoms with Crippen LogP contribution in [0.1, 0.15) is 5.56 Å². The molecule has 4 N–H and O–H groups in total. The van der Waals surface area contributed by atoms with Crippen molar-refractivity contribution in [2.75, 3.05) is 10.5 Å². The molecule has 2 aromatic heterocycles. The predicted molar refractivity (Wildman–Crippen MR) is 120 cm³/mol. The first-order valence-electron chi connectivity index (χ1n) is 9.18. The Morgan fingerprint density at radius 2 is 1.71 bits per heavy atom. The van der Waals surface area contributed by atoms with Gasteiger partial charge < -0.3 is 5.73 Å². The van der Waals surface area contributed by atoms with Gasteiger partial charge in [0.1, 0.15) is 17.2 Å². The SMILES string of the molecule is Nc1[nH]n(-c2ccccc2)c(=O)c1C=Nc1ccc(S(=O)(=O)Nc2ccccn2)cc1. The Kier molecular flexibility index (Phi) is 5.37. The minimum Gasteiger partial charge on any atom is -0.383 e. The molecule has 0 radical (unpaired) electrons. The minimum absolute atomic E-state index is 0.0599. The molecule has 0 bridgehead atoms. The van der Waals surface area contributed by atoms with Crippen LogP contribution in [-0.2, 0) is 10.0 Å². The lowest BCUT2D eigenvalue weighted by Gasteiger charge is -2.07. The zero-order valence-electron chi connectivity index (χ0n) is 16.1. The second kappa shape index (κ2) is 8.28. The normalized spacial score (nSPS) is 11.6. The summed E-state index contributed by atoms with van der Waals surface area (Å²) in [5, 5.41) is 2.81. The van der Waals surface area contributed by atoms with E-state index in [4.69, 9.17) is 5.73 Å². The quantitative estimate of drug-likeness (QED) is 0.401. The fourth-order valence-electron chi connectivity index (χ4n) is 2.82. The van der Waals surface area contributed by atoms with E-state index in [0.29, 0.717) is 11.4 Å². The molecule has 0 spiro atoms. The summed E-state index contributed by atoms with van der Waals surface area (Å²) in [4.78, 5) is 20.9. The van der Waals surface area contributed by atoms with Crippen molar-refractivity contribution < 1.29 is 8.42 Å². The summed E-state index contributed by atoms with van der Waals surface area (Å²) >= 11 is 0. The first-order valence-corrected chi connectivity index (χ1v) is 10.7. The number of para-hydroxylation sites is 1. The standard InChI is InChI=1S/C21H18N6O3S/c22-20-18(21(28)27(25-20)16-6-2-1-3-7-16)14-24-15-9-11-17(12-10-15)31(29,30)26-19-8-4-5-13-23-19/h1-14,25H,22H2,(H,23,26). The van der Waals surface area contributed by atoms with Crippen molar-refractivity contribution in [3.05, 3.63) is 94.9 Å². The van der Waals surface area contributed by atoms with Crippen LogP contribution in [0.2, 0.25) is 0 Å². The molecule has 10 heteroatoms. The highest BCUT2D eigenvalue weighted by atomic mass is 32.2. The minimum atomic E-state index is -3.78. The lowest BCUT2D eigenvalue weighted by atomic mass is 10.3. The number of aromatic nitrogens is 3. The Morgan fingerprint density at radius 1 is 1.00 bits per heavy atom. The van der Waals surface area contributed by atoms with Crippen molar-refractivity contribution in [3.8, 4) is 5.69 Å². The zero-order chi connectivity index (χ0) is 21.8. The van der Waals surface area contributed by atoms with Gasteiger partial charge in [-0.2, -0.15) is 0 Å². The van der Waals surface area contributed by atoms with Crippen LogP contribution in [0.4, 0.5) is 17.3 Å². The number of benzene rings is 2. The molecular formula is C21H18N6O3S. The summed E-state index contributed by atoms with van der Waals surface area (Å²) in [5.74, 6) is 0.401. The monoisotopic (exact) mass is 434 g/mol. The molecule has 0 aliphatic heterocycles. The van der Waals surface area contributed by atoms with Gasteiger partial charge in [0.2, 0.25) is 0 Å². The third kappa shape index (κ3) is 4.38. The number of hydrogen-bond acceptors (Lipinski definition) is 6. The molecule has 9 nitrogen and oxygen atoms in total. The third-order valence-electron chi connectivity index (χ3n) is 4.36. The lowest BCUT2D eigenvalue weighted by molar-refractivity contribution is 0.601. The second-order valence-electron chi connectivity index (χ2n) is 6.49. The Morgan fingerprint density at radius 3 is 2.39 bits per heavy atom. The maximum atomic E-state index is 12.6. The van der Waals surface area contributed by atoms with Crippen molar-refractivity contribution in [2.24, 2.45) is 4.99 Å². The smallest absolute Gasteiger partial charge is 0.282 e. The highest BCUT2D eigenvalue weighted by Gasteiger charge is 2.15. The van der Waals surface area contributed by atoms with Crippen LogP contribution in [0.25, 0.3) is 5.69 Å². The molecule has 0 saturated carbocycles. The molecule has 4 rings (SSSR count). The van der Waals surface area contributed by atoms with Gasteiger partial charge in [-0.15, -0.1) is 0 Å². The fourth-order valence-corrected chi connectivity index (χ4v) is 3.83. The van der Waals surface area contributed by atoms with Crippen LogP contribution in [-0.4, -0.2) is 29.4 Å². The molecule has 156 valence electrons. The van der Waals surface area contributed by atoms with Crippen molar-refractivity contribution in [2.45, 2.75) is 4.90 Å². The van der Waals surface area contributed by atoms with Crippen molar-refractivity contribution >= 4 is 33.6 Å². The molecule has 0 unspecified atom stereocenters. The number of H-pyrrole nitrogens is 1. The summed E-state index contributed by atoms with van der Waals surface area (Å²) in [6, 6.07) is 19.8. The Bertz CT molecular complexity index is 1380. The molecule has 0 fully saturated rings. The number of hydrogen-bond donors (Lipinski definition) is 3. The second-order valence-corrected chi connectivity index (χ2v) is 8.17. The maximum Gasteiger partial charge on any atom is 0.282 e. The van der Waals surface area contributed by atoms with E-state index in [-0.39, 0.29) is 27.7 Å². The number of nitrogen functional groups attached to an aromatic ring is 1. The largest absolute Gasteiger partial charge is 0.383 e. The number of aromatic amines is 1. The van der Waals surface area contributed by atoms with Crippen LogP contribution < -0.4 is 16.0 Å². The van der Waals surface area contributed by atoms with Gasteiger partial charge in [0.25, 0.3) is 15.6 Å². The van der Waals surface area contributed by atoms with Crippen LogP contribution in [0.15, 0.2) is 93.7 Å². The van der Waals surface area contributed by atoms with Gasteiger partial charge in [-0.25, -0.2) is 18.1 Å². The van der Waals surface area contributed by atoms with E-state index >= 15 is 0 Å². The summed E-state index contributed by atoms with van der Waals surface area (Å²) < 4.78 is 28.7. The van der Waals surface area contributed by atoms with Gasteiger partial charge in [0.15, 0.2) is 0 Å². The van der Waals surface area contributed by atoms with E-state index in [9.17, 15) is 13.2 Å². The van der Waals surface area contributed by atoms with Crippen LogP contribution in [0.3, 0.4) is 0 Å². The molecule has 0 saturated heterocycles. The van der Waals surface area contributed by atoms with Crippen LogP contribution >= 0.6 is 0 Å². The highest BCUT2D eigenvalue weighted by molar-refractivity contribution is 7.92. The summed E-state index contributed by atoms with van der Waals surface area (Å²) in [7, 11) is -3.78. The summed E-state index contributed by atoms with van der Waals surface area (Å²) in [5.41, 5.74) is 6.91. The number of nitrogens with zero attached hydrogens (tertiary/aromatic N) is 3. The number of aliphatic imine (C=N–C) groups is 1. The number of nitrogens with one attached hydrogen (secondary N) is 2. The van der Waals surface area contributed by atoms with Gasteiger partial charge in [-0.1, -0.05) is 24.3 Å².